The predicted octanol–water partition coefficient (Wildman–Crippen LogP) is 6.09. The van der Waals surface area contributed by atoms with Crippen LogP contribution in [0.25, 0.3) is 0 Å². The number of aryl methyl sites for hydroxylation is 3. The molecule has 0 heterocycles. The summed E-state index contributed by atoms with van der Waals surface area (Å²) in [6.45, 7) is 8.31. The molecule has 0 saturated heterocycles. The first-order chi connectivity index (χ1) is 9.38. The third-order valence-corrected chi connectivity index (χ3v) is 4.24. The fourth-order valence-corrected chi connectivity index (χ4v) is 2.73. The molecule has 0 fully saturated rings. The van der Waals surface area contributed by atoms with Crippen LogP contribution in [-0.4, -0.2) is 0 Å². The van der Waals surface area contributed by atoms with E-state index in [1.54, 1.807) is 0 Å². The molecule has 0 aromatic heterocycles. The van der Waals surface area contributed by atoms with Gasteiger partial charge in [0.2, 0.25) is 0 Å². The Morgan fingerprint density at radius 2 is 1.60 bits per heavy atom. The quantitative estimate of drug-likeness (QED) is 0.723. The van der Waals surface area contributed by atoms with Crippen LogP contribution >= 0.6 is 23.2 Å². The molecule has 3 heteroatoms. The smallest absolute Gasteiger partial charge is 0.0641 e. The van der Waals surface area contributed by atoms with Crippen molar-refractivity contribution in [2.24, 2.45) is 0 Å². The van der Waals surface area contributed by atoms with Crippen molar-refractivity contribution in [2.75, 3.05) is 5.32 Å². The van der Waals surface area contributed by atoms with Crippen molar-refractivity contribution < 1.29 is 0 Å². The molecule has 2 rings (SSSR count). The fourth-order valence-electron chi connectivity index (χ4n) is 2.29. The number of anilines is 1. The van der Waals surface area contributed by atoms with Gasteiger partial charge >= 0.3 is 0 Å². The first-order valence-electron chi connectivity index (χ1n) is 6.68. The highest BCUT2D eigenvalue weighted by molar-refractivity contribution is 6.35. The maximum atomic E-state index is 6.28. The Morgan fingerprint density at radius 3 is 2.30 bits per heavy atom. The molecular weight excluding hydrogens is 289 g/mol. The zero-order valence-corrected chi connectivity index (χ0v) is 13.7. The second-order valence-corrected chi connectivity index (χ2v) is 6.12. The van der Waals surface area contributed by atoms with Crippen LogP contribution in [0.15, 0.2) is 30.3 Å². The predicted molar refractivity (Wildman–Crippen MR) is 89.2 cm³/mol. The number of benzene rings is 2. The molecule has 106 valence electrons. The molecule has 1 nitrogen and oxygen atoms in total. The molecule has 20 heavy (non-hydrogen) atoms. The fraction of sp³-hybridized carbons (Fsp3) is 0.294. The topological polar surface area (TPSA) is 12.0 Å². The first kappa shape index (κ1) is 15.2. The van der Waals surface area contributed by atoms with Crippen LogP contribution in [-0.2, 0) is 0 Å². The van der Waals surface area contributed by atoms with Crippen molar-refractivity contribution in [3.63, 3.8) is 0 Å². The molecule has 2 aromatic carbocycles. The summed E-state index contributed by atoms with van der Waals surface area (Å²) >= 11 is 12.5. The number of hydrogen-bond donors (Lipinski definition) is 1. The Balaban J connectivity index is 2.30. The summed E-state index contributed by atoms with van der Waals surface area (Å²) in [5.74, 6) is 0. The average Bonchev–Trinajstić information content (AvgIpc) is 2.38. The van der Waals surface area contributed by atoms with Crippen molar-refractivity contribution >= 4 is 28.9 Å². The van der Waals surface area contributed by atoms with E-state index < -0.39 is 0 Å². The van der Waals surface area contributed by atoms with Crippen LogP contribution in [0.1, 0.15) is 35.2 Å². The molecule has 1 atom stereocenters. The molecule has 0 aliphatic heterocycles. The standard InChI is InChI=1S/C17H19Cl2N/c1-10-5-6-11(2)14(7-10)13(4)20-17-9-15(18)12(3)8-16(17)19/h5-9,13,20H,1-4H3. The van der Waals surface area contributed by atoms with E-state index in [4.69, 9.17) is 23.2 Å². The van der Waals surface area contributed by atoms with Gasteiger partial charge in [-0.2, -0.15) is 0 Å². The number of rotatable bonds is 3. The van der Waals surface area contributed by atoms with Crippen molar-refractivity contribution in [3.8, 4) is 0 Å². The Morgan fingerprint density at radius 1 is 0.900 bits per heavy atom. The van der Waals surface area contributed by atoms with Gasteiger partial charge in [0, 0.05) is 11.1 Å². The number of halogens is 2. The molecule has 0 saturated carbocycles. The Hall–Kier alpha value is -1.18. The second kappa shape index (κ2) is 6.07. The molecule has 0 aliphatic carbocycles. The second-order valence-electron chi connectivity index (χ2n) is 5.31. The summed E-state index contributed by atoms with van der Waals surface area (Å²) in [4.78, 5) is 0. The van der Waals surface area contributed by atoms with Crippen molar-refractivity contribution in [2.45, 2.75) is 33.7 Å². The summed E-state index contributed by atoms with van der Waals surface area (Å²) in [6, 6.07) is 10.4. The van der Waals surface area contributed by atoms with E-state index in [0.29, 0.717) is 5.02 Å². The average molecular weight is 308 g/mol. The van der Waals surface area contributed by atoms with E-state index in [9.17, 15) is 0 Å². The van der Waals surface area contributed by atoms with Gasteiger partial charge < -0.3 is 5.32 Å². The minimum Gasteiger partial charge on any atom is -0.377 e. The summed E-state index contributed by atoms with van der Waals surface area (Å²) < 4.78 is 0. The Kier molecular flexibility index (Phi) is 4.62. The molecule has 0 bridgehead atoms. The lowest BCUT2D eigenvalue weighted by Crippen LogP contribution is -2.09. The molecular formula is C17H19Cl2N. The first-order valence-corrected chi connectivity index (χ1v) is 7.43. The van der Waals surface area contributed by atoms with Crippen LogP contribution in [0.4, 0.5) is 5.69 Å². The maximum absolute atomic E-state index is 6.28. The highest BCUT2D eigenvalue weighted by Crippen LogP contribution is 2.32. The number of nitrogens with one attached hydrogen (secondary N) is 1. The van der Waals surface area contributed by atoms with Gasteiger partial charge in [-0.15, -0.1) is 0 Å². The summed E-state index contributed by atoms with van der Waals surface area (Å²) in [6.07, 6.45) is 0. The van der Waals surface area contributed by atoms with Crippen LogP contribution in [0.5, 0.6) is 0 Å². The molecule has 0 radical (unpaired) electrons. The zero-order valence-electron chi connectivity index (χ0n) is 12.2. The largest absolute Gasteiger partial charge is 0.377 e. The molecule has 2 aromatic rings. The van der Waals surface area contributed by atoms with Crippen LogP contribution < -0.4 is 5.32 Å². The van der Waals surface area contributed by atoms with Crippen molar-refractivity contribution in [1.82, 2.24) is 0 Å². The zero-order chi connectivity index (χ0) is 14.9. The highest BCUT2D eigenvalue weighted by atomic mass is 35.5. The van der Waals surface area contributed by atoms with Gasteiger partial charge in [-0.1, -0.05) is 47.0 Å². The Bertz CT molecular complexity index is 635. The van der Waals surface area contributed by atoms with Gasteiger partial charge in [-0.05, 0) is 56.5 Å². The Labute approximate surface area is 130 Å². The van der Waals surface area contributed by atoms with E-state index in [-0.39, 0.29) is 6.04 Å². The van der Waals surface area contributed by atoms with E-state index >= 15 is 0 Å². The third-order valence-electron chi connectivity index (χ3n) is 3.52. The number of hydrogen-bond acceptors (Lipinski definition) is 1. The van der Waals surface area contributed by atoms with Gasteiger partial charge in [0.1, 0.15) is 0 Å². The van der Waals surface area contributed by atoms with E-state index in [0.717, 1.165) is 16.3 Å². The van der Waals surface area contributed by atoms with Crippen LogP contribution in [0.3, 0.4) is 0 Å². The van der Waals surface area contributed by atoms with Crippen molar-refractivity contribution in [1.29, 1.82) is 0 Å². The lowest BCUT2D eigenvalue weighted by Gasteiger charge is -2.20. The van der Waals surface area contributed by atoms with E-state index in [1.807, 2.05) is 19.1 Å². The van der Waals surface area contributed by atoms with Gasteiger partial charge in [0.25, 0.3) is 0 Å². The van der Waals surface area contributed by atoms with Gasteiger partial charge in [0.05, 0.1) is 10.7 Å². The van der Waals surface area contributed by atoms with Crippen molar-refractivity contribution in [3.05, 3.63) is 62.6 Å². The van der Waals surface area contributed by atoms with Gasteiger partial charge in [-0.3, -0.25) is 0 Å². The van der Waals surface area contributed by atoms with Crippen LogP contribution in [0, 0.1) is 20.8 Å². The van der Waals surface area contributed by atoms with Crippen LogP contribution in [0.2, 0.25) is 10.0 Å². The monoisotopic (exact) mass is 307 g/mol. The normalized spacial score (nSPS) is 12.3. The van der Waals surface area contributed by atoms with Gasteiger partial charge in [0.15, 0.2) is 0 Å². The highest BCUT2D eigenvalue weighted by Gasteiger charge is 2.11. The lowest BCUT2D eigenvalue weighted by molar-refractivity contribution is 0.872. The maximum Gasteiger partial charge on any atom is 0.0641 e. The minimum atomic E-state index is 0.172. The minimum absolute atomic E-state index is 0.172. The molecule has 1 N–H and O–H groups in total. The summed E-state index contributed by atoms with van der Waals surface area (Å²) in [5, 5.41) is 4.87. The summed E-state index contributed by atoms with van der Waals surface area (Å²) in [5.41, 5.74) is 5.66. The molecule has 0 aliphatic rings. The lowest BCUT2D eigenvalue weighted by atomic mass is 10.00. The van der Waals surface area contributed by atoms with E-state index in [2.05, 4.69) is 44.3 Å². The van der Waals surface area contributed by atoms with E-state index in [1.165, 1.54) is 16.7 Å². The molecule has 0 spiro atoms. The molecule has 1 unspecified atom stereocenters. The summed E-state index contributed by atoms with van der Waals surface area (Å²) in [7, 11) is 0. The third kappa shape index (κ3) is 3.28. The SMILES string of the molecule is Cc1ccc(C)c(C(C)Nc2cc(Cl)c(C)cc2Cl)c1. The molecule has 0 amide bonds. The van der Waals surface area contributed by atoms with Gasteiger partial charge in [-0.25, -0.2) is 0 Å².